The van der Waals surface area contributed by atoms with Crippen LogP contribution in [0.2, 0.25) is 0 Å². The van der Waals surface area contributed by atoms with E-state index < -0.39 is 23.3 Å². The molecule has 0 bridgehead atoms. The van der Waals surface area contributed by atoms with Crippen molar-refractivity contribution in [1.82, 2.24) is 20.2 Å². The van der Waals surface area contributed by atoms with Gasteiger partial charge in [-0.15, -0.1) is 0 Å². The first-order valence-corrected chi connectivity index (χ1v) is 14.2. The van der Waals surface area contributed by atoms with E-state index >= 15 is 0 Å². The maximum absolute atomic E-state index is 14.0. The molecule has 11 heteroatoms. The summed E-state index contributed by atoms with van der Waals surface area (Å²) in [6, 6.07) is 0. The lowest BCUT2D eigenvalue weighted by molar-refractivity contribution is -0.143. The lowest BCUT2D eigenvalue weighted by atomic mass is 9.97. The number of ether oxygens (including phenoxy) is 3. The Morgan fingerprint density at radius 2 is 2.02 bits per heavy atom. The average Bonchev–Trinajstić information content (AvgIpc) is 3.31. The third-order valence-corrected chi connectivity index (χ3v) is 7.22. The van der Waals surface area contributed by atoms with Gasteiger partial charge in [-0.25, -0.2) is 14.8 Å². The van der Waals surface area contributed by atoms with Gasteiger partial charge in [0.2, 0.25) is 5.96 Å². The van der Waals surface area contributed by atoms with Gasteiger partial charge in [0.1, 0.15) is 18.3 Å². The number of hydrazine groups is 1. The fraction of sp³-hybridized carbons (Fsp3) is 0.655. The maximum Gasteiger partial charge on any atom is 0.411 e. The monoisotopic (exact) mass is 557 g/mol. The fourth-order valence-electron chi connectivity index (χ4n) is 5.46. The van der Waals surface area contributed by atoms with Gasteiger partial charge in [0, 0.05) is 24.4 Å². The molecule has 0 spiro atoms. The summed E-state index contributed by atoms with van der Waals surface area (Å²) in [7, 11) is 0. The second-order valence-corrected chi connectivity index (χ2v) is 12.0. The Morgan fingerprint density at radius 1 is 1.27 bits per heavy atom. The number of allylic oxidation sites excluding steroid dienone is 1. The summed E-state index contributed by atoms with van der Waals surface area (Å²) in [5, 5.41) is 1.44. The molecule has 220 valence electrons. The summed E-state index contributed by atoms with van der Waals surface area (Å²) in [6.07, 6.45) is 5.82. The van der Waals surface area contributed by atoms with Gasteiger partial charge in [-0.1, -0.05) is 13.0 Å². The second kappa shape index (κ2) is 11.7. The molecule has 0 saturated carbocycles. The number of esters is 1. The number of guanidine groups is 1. The number of carbonyl (C=O) groups excluding carboxylic acids is 3. The Bertz CT molecular complexity index is 1160. The molecule has 0 aliphatic carbocycles. The Labute approximate surface area is 236 Å². The highest BCUT2D eigenvalue weighted by molar-refractivity contribution is 6.11. The van der Waals surface area contributed by atoms with Gasteiger partial charge in [-0.2, -0.15) is 5.43 Å². The van der Waals surface area contributed by atoms with Crippen molar-refractivity contribution in [1.29, 1.82) is 0 Å². The van der Waals surface area contributed by atoms with E-state index in [1.165, 1.54) is 5.01 Å². The van der Waals surface area contributed by atoms with Crippen LogP contribution in [0.15, 0.2) is 39.6 Å². The second-order valence-electron chi connectivity index (χ2n) is 12.0. The molecule has 0 aromatic carbocycles. The zero-order valence-electron chi connectivity index (χ0n) is 24.8. The predicted octanol–water partition coefficient (Wildman–Crippen LogP) is 3.64. The van der Waals surface area contributed by atoms with E-state index in [0.29, 0.717) is 49.8 Å². The zero-order chi connectivity index (χ0) is 29.2. The molecular weight excluding hydrogens is 514 g/mol. The first-order valence-electron chi connectivity index (χ1n) is 14.2. The summed E-state index contributed by atoms with van der Waals surface area (Å²) < 4.78 is 16.5. The first-order chi connectivity index (χ1) is 18.8. The molecule has 1 fully saturated rings. The molecule has 0 radical (unpaired) electrons. The van der Waals surface area contributed by atoms with Gasteiger partial charge < -0.3 is 19.1 Å². The van der Waals surface area contributed by atoms with Crippen LogP contribution < -0.4 is 5.43 Å². The van der Waals surface area contributed by atoms with Crippen LogP contribution in [0.1, 0.15) is 74.1 Å². The number of hydrogen-bond donors (Lipinski definition) is 1. The van der Waals surface area contributed by atoms with Crippen molar-refractivity contribution in [3.8, 4) is 0 Å². The molecule has 40 heavy (non-hydrogen) atoms. The Hall–Kier alpha value is -3.18. The molecule has 0 aromatic heterocycles. The van der Waals surface area contributed by atoms with Crippen molar-refractivity contribution in [3.63, 3.8) is 0 Å². The van der Waals surface area contributed by atoms with Gasteiger partial charge >= 0.3 is 12.1 Å². The van der Waals surface area contributed by atoms with E-state index in [0.717, 1.165) is 24.0 Å². The molecule has 1 atom stereocenters. The van der Waals surface area contributed by atoms with Crippen molar-refractivity contribution in [2.24, 2.45) is 4.99 Å². The van der Waals surface area contributed by atoms with E-state index in [-0.39, 0.29) is 25.2 Å². The highest BCUT2D eigenvalue weighted by Crippen LogP contribution is 2.36. The molecule has 1 N–H and O–H groups in total. The van der Waals surface area contributed by atoms with Crippen LogP contribution in [0.25, 0.3) is 0 Å². The molecule has 11 nitrogen and oxygen atoms in total. The number of nitrogens with one attached hydrogen (secondary N) is 1. The van der Waals surface area contributed by atoms with Crippen LogP contribution >= 0.6 is 0 Å². The Kier molecular flexibility index (Phi) is 8.75. The molecule has 4 aliphatic heterocycles. The van der Waals surface area contributed by atoms with E-state index in [1.807, 2.05) is 53.7 Å². The number of carbonyl (C=O) groups is 3. The van der Waals surface area contributed by atoms with E-state index in [9.17, 15) is 14.4 Å². The SMILES string of the molecule is CCOC(=O)CN1C2=NC(C3=CCOCCC3)NN2C(=O)C(/C=C2/CN(C(=O)OC(C)(C)C)C(C)(C)C2)=C1CC. The van der Waals surface area contributed by atoms with Crippen LogP contribution in [-0.4, -0.2) is 89.0 Å². The molecule has 4 aliphatic rings. The molecule has 4 rings (SSSR count). The van der Waals surface area contributed by atoms with Crippen LogP contribution in [0, 0.1) is 0 Å². The molecular formula is C29H43N5O6. The normalized spacial score (nSPS) is 24.2. The number of likely N-dealkylation sites (tertiary alicyclic amines) is 1. The summed E-state index contributed by atoms with van der Waals surface area (Å²) >= 11 is 0. The van der Waals surface area contributed by atoms with Crippen molar-refractivity contribution in [2.45, 2.75) is 91.5 Å². The van der Waals surface area contributed by atoms with E-state index in [4.69, 9.17) is 19.2 Å². The first kappa shape index (κ1) is 29.8. The average molecular weight is 558 g/mol. The molecule has 1 unspecified atom stereocenters. The van der Waals surface area contributed by atoms with Crippen molar-refractivity contribution in [3.05, 3.63) is 34.6 Å². The topological polar surface area (TPSA) is 113 Å². The summed E-state index contributed by atoms with van der Waals surface area (Å²) in [6.45, 7) is 14.9. The number of nitrogens with zero attached hydrogens (tertiary/aromatic N) is 4. The summed E-state index contributed by atoms with van der Waals surface area (Å²) in [4.78, 5) is 48.0. The number of amides is 2. The molecule has 1 saturated heterocycles. The van der Waals surface area contributed by atoms with Crippen molar-refractivity contribution < 1.29 is 28.6 Å². The minimum atomic E-state index is -0.614. The zero-order valence-corrected chi connectivity index (χ0v) is 24.8. The maximum atomic E-state index is 14.0. The minimum absolute atomic E-state index is 0.0710. The van der Waals surface area contributed by atoms with Gasteiger partial charge in [0.15, 0.2) is 0 Å². The minimum Gasteiger partial charge on any atom is -0.465 e. The molecule has 4 heterocycles. The highest BCUT2D eigenvalue weighted by atomic mass is 16.6. The van der Waals surface area contributed by atoms with Gasteiger partial charge in [-0.3, -0.25) is 14.5 Å². The Balaban J connectivity index is 1.69. The summed E-state index contributed by atoms with van der Waals surface area (Å²) in [5.41, 5.74) is 5.29. The third-order valence-electron chi connectivity index (χ3n) is 7.22. The largest absolute Gasteiger partial charge is 0.465 e. The van der Waals surface area contributed by atoms with Gasteiger partial charge in [-0.05, 0) is 84.4 Å². The summed E-state index contributed by atoms with van der Waals surface area (Å²) in [5.74, 6) is -0.263. The molecule has 0 aromatic rings. The van der Waals surface area contributed by atoms with Crippen LogP contribution in [-0.2, 0) is 23.8 Å². The smallest absolute Gasteiger partial charge is 0.411 e. The lowest BCUT2D eigenvalue weighted by Crippen LogP contribution is -2.56. The highest BCUT2D eigenvalue weighted by Gasteiger charge is 2.44. The fourth-order valence-corrected chi connectivity index (χ4v) is 5.46. The number of rotatable bonds is 6. The molecule has 2 amide bonds. The van der Waals surface area contributed by atoms with Crippen LogP contribution in [0.5, 0.6) is 0 Å². The van der Waals surface area contributed by atoms with Crippen LogP contribution in [0.4, 0.5) is 4.79 Å². The lowest BCUT2D eigenvalue weighted by Gasteiger charge is -2.36. The van der Waals surface area contributed by atoms with Gasteiger partial charge in [0.25, 0.3) is 5.91 Å². The van der Waals surface area contributed by atoms with Gasteiger partial charge in [0.05, 0.1) is 18.8 Å². The van der Waals surface area contributed by atoms with E-state index in [1.54, 1.807) is 16.7 Å². The van der Waals surface area contributed by atoms with E-state index in [2.05, 4.69) is 5.43 Å². The number of hydrogen-bond acceptors (Lipinski definition) is 9. The third kappa shape index (κ3) is 6.41. The quantitative estimate of drug-likeness (QED) is 0.389. The van der Waals surface area contributed by atoms with Crippen LogP contribution in [0.3, 0.4) is 0 Å². The van der Waals surface area contributed by atoms with Crippen molar-refractivity contribution >= 4 is 23.9 Å². The Morgan fingerprint density at radius 3 is 2.70 bits per heavy atom. The van der Waals surface area contributed by atoms with Crippen molar-refractivity contribution in [2.75, 3.05) is 32.9 Å². The number of aliphatic imine (C=N–C) groups is 1. The number of fused-ring (bicyclic) bond motifs is 1. The standard InChI is InChI=1S/C29H43N5O6/c1-8-22-21(15-19-16-29(6,7)33(17-19)27(37)40-28(3,4)5)25(36)34-26(32(22)18-23(35)39-9-2)30-24(31-34)20-11-10-13-38-14-12-20/h12,15,24,31H,8-11,13-14,16-18H2,1-7H3/b19-15+. The predicted molar refractivity (Wildman–Crippen MR) is 150 cm³/mol.